The van der Waals surface area contributed by atoms with Crippen LogP contribution in [0, 0.1) is 5.82 Å². The quantitative estimate of drug-likeness (QED) is 0.454. The summed E-state index contributed by atoms with van der Waals surface area (Å²) in [6.45, 7) is 2.52. The number of carbonyl (C=O) groups excluding carboxylic acids is 2. The van der Waals surface area contributed by atoms with Crippen LogP contribution >= 0.6 is 11.8 Å². The number of rotatable bonds is 8. The molecule has 0 bridgehead atoms. The Morgan fingerprint density at radius 3 is 2.75 bits per heavy atom. The van der Waals surface area contributed by atoms with Crippen molar-refractivity contribution >= 4 is 23.5 Å². The molecule has 1 N–H and O–H groups in total. The topological polar surface area (TPSA) is 55.4 Å². The Hall–Kier alpha value is -1.40. The molecule has 0 aliphatic rings. The van der Waals surface area contributed by atoms with Crippen molar-refractivity contribution in [3.8, 4) is 0 Å². The van der Waals surface area contributed by atoms with Gasteiger partial charge in [0.25, 0.3) is 0 Å². The number of hydrogen-bond acceptors (Lipinski definition) is 4. The van der Waals surface area contributed by atoms with Gasteiger partial charge >= 0.3 is 0 Å². The highest BCUT2D eigenvalue weighted by Gasteiger charge is 2.09. The predicted molar refractivity (Wildman–Crippen MR) is 76.6 cm³/mol. The number of ketones is 1. The largest absolute Gasteiger partial charge is 0.385 e. The van der Waals surface area contributed by atoms with Gasteiger partial charge in [0.15, 0.2) is 5.78 Å². The third-order valence-electron chi connectivity index (χ3n) is 2.54. The molecular formula is C14H18FNO3S. The number of halogens is 1. The van der Waals surface area contributed by atoms with E-state index in [0.717, 1.165) is 18.2 Å². The summed E-state index contributed by atoms with van der Waals surface area (Å²) < 4.78 is 18.6. The number of Topliss-reactive ketones (excluding diaryl/α,β-unsaturated/α-hetero) is 1. The van der Waals surface area contributed by atoms with E-state index in [1.54, 1.807) is 13.2 Å². The molecule has 6 heteroatoms. The first-order chi connectivity index (χ1) is 9.54. The lowest BCUT2D eigenvalue weighted by molar-refractivity contribution is -0.118. The first-order valence-corrected chi connectivity index (χ1v) is 7.22. The number of methoxy groups -OCH3 is 1. The van der Waals surface area contributed by atoms with Gasteiger partial charge in [0.2, 0.25) is 5.91 Å². The van der Waals surface area contributed by atoms with Gasteiger partial charge in [0.05, 0.1) is 5.75 Å². The maximum Gasteiger partial charge on any atom is 0.230 e. The molecule has 0 radical (unpaired) electrons. The van der Waals surface area contributed by atoms with E-state index >= 15 is 0 Å². The summed E-state index contributed by atoms with van der Waals surface area (Å²) in [6, 6.07) is 4.28. The van der Waals surface area contributed by atoms with Crippen LogP contribution < -0.4 is 5.32 Å². The second kappa shape index (κ2) is 8.71. The molecule has 0 spiro atoms. The van der Waals surface area contributed by atoms with E-state index in [1.165, 1.54) is 19.1 Å². The average molecular weight is 299 g/mol. The Kier molecular flexibility index (Phi) is 7.25. The summed E-state index contributed by atoms with van der Waals surface area (Å²) in [5, 5.41) is 2.72. The van der Waals surface area contributed by atoms with Gasteiger partial charge in [-0.15, -0.1) is 11.8 Å². The van der Waals surface area contributed by atoms with E-state index in [0.29, 0.717) is 23.6 Å². The minimum Gasteiger partial charge on any atom is -0.385 e. The van der Waals surface area contributed by atoms with Gasteiger partial charge in [-0.3, -0.25) is 9.59 Å². The van der Waals surface area contributed by atoms with Gasteiger partial charge in [0, 0.05) is 30.7 Å². The third kappa shape index (κ3) is 5.71. The first kappa shape index (κ1) is 16.7. The molecule has 1 rings (SSSR count). The number of carbonyl (C=O) groups is 2. The van der Waals surface area contributed by atoms with E-state index < -0.39 is 5.82 Å². The minimum absolute atomic E-state index is 0.142. The van der Waals surface area contributed by atoms with Gasteiger partial charge in [-0.05, 0) is 25.5 Å². The van der Waals surface area contributed by atoms with E-state index in [2.05, 4.69) is 5.32 Å². The van der Waals surface area contributed by atoms with Crippen LogP contribution in [0.3, 0.4) is 0 Å². The second-order valence-electron chi connectivity index (χ2n) is 4.19. The van der Waals surface area contributed by atoms with Crippen molar-refractivity contribution in [2.75, 3.05) is 26.0 Å². The molecule has 1 aromatic rings. The lowest BCUT2D eigenvalue weighted by Gasteiger charge is -2.06. The third-order valence-corrected chi connectivity index (χ3v) is 3.59. The highest BCUT2D eigenvalue weighted by atomic mass is 32.2. The van der Waals surface area contributed by atoms with E-state index in [-0.39, 0.29) is 17.4 Å². The van der Waals surface area contributed by atoms with Crippen LogP contribution in [0.4, 0.5) is 4.39 Å². The van der Waals surface area contributed by atoms with Crippen molar-refractivity contribution in [1.29, 1.82) is 0 Å². The Labute approximate surface area is 122 Å². The standard InChI is InChI=1S/C14H18FNO3S/c1-10(17)11-4-5-13(12(15)8-11)20-9-14(18)16-6-3-7-19-2/h4-5,8H,3,6-7,9H2,1-2H3,(H,16,18). The molecule has 20 heavy (non-hydrogen) atoms. The van der Waals surface area contributed by atoms with Crippen LogP contribution in [0.5, 0.6) is 0 Å². The van der Waals surface area contributed by atoms with E-state index in [4.69, 9.17) is 4.74 Å². The van der Waals surface area contributed by atoms with Crippen LogP contribution in [0.2, 0.25) is 0 Å². The van der Waals surface area contributed by atoms with Crippen molar-refractivity contribution in [2.24, 2.45) is 0 Å². The zero-order valence-electron chi connectivity index (χ0n) is 11.6. The zero-order valence-corrected chi connectivity index (χ0v) is 12.4. The molecule has 0 atom stereocenters. The minimum atomic E-state index is -0.477. The predicted octanol–water partition coefficient (Wildman–Crippen LogP) is 2.27. The summed E-state index contributed by atoms with van der Waals surface area (Å²) in [5.41, 5.74) is 0.330. The molecule has 0 fully saturated rings. The monoisotopic (exact) mass is 299 g/mol. The van der Waals surface area contributed by atoms with Gasteiger partial charge in [-0.2, -0.15) is 0 Å². The number of hydrogen-bond donors (Lipinski definition) is 1. The van der Waals surface area contributed by atoms with Crippen LogP contribution in [0.25, 0.3) is 0 Å². The Morgan fingerprint density at radius 1 is 1.40 bits per heavy atom. The Morgan fingerprint density at radius 2 is 2.15 bits per heavy atom. The van der Waals surface area contributed by atoms with E-state index in [1.807, 2.05) is 0 Å². The lowest BCUT2D eigenvalue weighted by Crippen LogP contribution is -2.26. The summed E-state index contributed by atoms with van der Waals surface area (Å²) >= 11 is 1.11. The van der Waals surface area contributed by atoms with Crippen molar-refractivity contribution < 1.29 is 18.7 Å². The van der Waals surface area contributed by atoms with Crippen molar-refractivity contribution in [3.63, 3.8) is 0 Å². The second-order valence-corrected chi connectivity index (χ2v) is 5.20. The molecule has 0 saturated carbocycles. The zero-order chi connectivity index (χ0) is 15.0. The highest BCUT2D eigenvalue weighted by molar-refractivity contribution is 8.00. The highest BCUT2D eigenvalue weighted by Crippen LogP contribution is 2.22. The number of ether oxygens (including phenoxy) is 1. The number of thioether (sulfide) groups is 1. The maximum atomic E-state index is 13.7. The molecule has 1 amide bonds. The Balaban J connectivity index is 2.41. The van der Waals surface area contributed by atoms with E-state index in [9.17, 15) is 14.0 Å². The summed E-state index contributed by atoms with van der Waals surface area (Å²) in [6.07, 6.45) is 0.745. The fraction of sp³-hybridized carbons (Fsp3) is 0.429. The van der Waals surface area contributed by atoms with Gasteiger partial charge in [-0.25, -0.2) is 4.39 Å². The summed E-state index contributed by atoms with van der Waals surface area (Å²) in [7, 11) is 1.60. The number of amides is 1. The molecule has 0 heterocycles. The molecule has 0 saturated heterocycles. The molecular weight excluding hydrogens is 281 g/mol. The van der Waals surface area contributed by atoms with Crippen molar-refractivity contribution in [3.05, 3.63) is 29.6 Å². The van der Waals surface area contributed by atoms with Gasteiger partial charge < -0.3 is 10.1 Å². The first-order valence-electron chi connectivity index (χ1n) is 6.23. The molecule has 0 aliphatic heterocycles. The molecule has 0 aromatic heterocycles. The van der Waals surface area contributed by atoms with Gasteiger partial charge in [-0.1, -0.05) is 6.07 Å². The number of benzene rings is 1. The van der Waals surface area contributed by atoms with Crippen LogP contribution in [-0.4, -0.2) is 37.7 Å². The summed E-state index contributed by atoms with van der Waals surface area (Å²) in [4.78, 5) is 23.0. The molecule has 4 nitrogen and oxygen atoms in total. The van der Waals surface area contributed by atoms with Crippen LogP contribution in [-0.2, 0) is 9.53 Å². The normalized spacial score (nSPS) is 10.3. The smallest absolute Gasteiger partial charge is 0.230 e. The number of nitrogens with one attached hydrogen (secondary N) is 1. The summed E-state index contributed by atoms with van der Waals surface area (Å²) in [5.74, 6) is -0.670. The molecule has 110 valence electrons. The maximum absolute atomic E-state index is 13.7. The van der Waals surface area contributed by atoms with Crippen molar-refractivity contribution in [1.82, 2.24) is 5.32 Å². The van der Waals surface area contributed by atoms with Gasteiger partial charge in [0.1, 0.15) is 5.82 Å². The SMILES string of the molecule is COCCCNC(=O)CSc1ccc(C(C)=O)cc1F. The average Bonchev–Trinajstić information content (AvgIpc) is 2.42. The fourth-order valence-electron chi connectivity index (χ4n) is 1.48. The van der Waals surface area contributed by atoms with Crippen LogP contribution in [0.15, 0.2) is 23.1 Å². The fourth-order valence-corrected chi connectivity index (χ4v) is 2.23. The molecule has 0 aliphatic carbocycles. The Bertz CT molecular complexity index is 479. The van der Waals surface area contributed by atoms with Crippen molar-refractivity contribution in [2.45, 2.75) is 18.2 Å². The lowest BCUT2D eigenvalue weighted by atomic mass is 10.1. The van der Waals surface area contributed by atoms with Crippen LogP contribution in [0.1, 0.15) is 23.7 Å². The molecule has 0 unspecified atom stereocenters. The molecule has 1 aromatic carbocycles.